The van der Waals surface area contributed by atoms with Crippen LogP contribution in [0.15, 0.2) is 18.2 Å². The summed E-state index contributed by atoms with van der Waals surface area (Å²) in [5, 5.41) is 21.1. The van der Waals surface area contributed by atoms with Crippen LogP contribution in [0.5, 0.6) is 5.75 Å². The first-order valence-corrected chi connectivity index (χ1v) is 7.04. The molecule has 11 heteroatoms. The molecule has 2 aromatic rings. The molecular formula is C14H14N4O7. The summed E-state index contributed by atoms with van der Waals surface area (Å²) >= 11 is 0. The molecule has 1 N–H and O–H groups in total. The number of methoxy groups -OCH3 is 1. The Labute approximate surface area is 141 Å². The number of ether oxygens (including phenoxy) is 3. The van der Waals surface area contributed by atoms with E-state index < -0.39 is 29.2 Å². The summed E-state index contributed by atoms with van der Waals surface area (Å²) in [5.41, 5.74) is -0.145. The second kappa shape index (κ2) is 7.86. The van der Waals surface area contributed by atoms with Gasteiger partial charge in [-0.3, -0.25) is 10.1 Å². The van der Waals surface area contributed by atoms with Crippen LogP contribution in [0.1, 0.15) is 17.4 Å². The third kappa shape index (κ3) is 4.07. The van der Waals surface area contributed by atoms with Crippen LogP contribution in [0, 0.1) is 10.1 Å². The highest BCUT2D eigenvalue weighted by atomic mass is 16.6. The van der Waals surface area contributed by atoms with E-state index in [2.05, 4.69) is 20.1 Å². The maximum Gasteiger partial charge on any atom is 0.361 e. The first kappa shape index (κ1) is 17.8. The Kier molecular flexibility index (Phi) is 5.61. The van der Waals surface area contributed by atoms with Crippen molar-refractivity contribution in [2.45, 2.75) is 6.92 Å². The number of hydrogen-bond acceptors (Lipinski definition) is 9. The molecule has 11 nitrogen and oxygen atoms in total. The van der Waals surface area contributed by atoms with E-state index in [1.54, 1.807) is 6.92 Å². The number of carbonyl (C=O) groups excluding carboxylic acids is 2. The van der Waals surface area contributed by atoms with Gasteiger partial charge in [0.15, 0.2) is 18.1 Å². The highest BCUT2D eigenvalue weighted by Crippen LogP contribution is 2.32. The number of nitro benzene ring substituents is 1. The van der Waals surface area contributed by atoms with E-state index in [1.807, 2.05) is 0 Å². The van der Waals surface area contributed by atoms with Crippen LogP contribution in [0.25, 0.3) is 11.3 Å². The summed E-state index contributed by atoms with van der Waals surface area (Å²) in [6.45, 7) is 1.30. The number of nitro groups is 1. The highest BCUT2D eigenvalue weighted by Gasteiger charge is 2.23. The summed E-state index contributed by atoms with van der Waals surface area (Å²) in [4.78, 5) is 33.5. The molecule has 0 aliphatic carbocycles. The molecule has 0 saturated carbocycles. The summed E-state index contributed by atoms with van der Waals surface area (Å²) in [6.07, 6.45) is 0. The minimum absolute atomic E-state index is 0.0978. The molecule has 0 saturated heterocycles. The number of nitrogens with one attached hydrogen (secondary N) is 1. The van der Waals surface area contributed by atoms with Gasteiger partial charge in [-0.05, 0) is 19.1 Å². The number of esters is 2. The molecule has 0 unspecified atom stereocenters. The Morgan fingerprint density at radius 3 is 2.72 bits per heavy atom. The minimum atomic E-state index is -0.708. The SMILES string of the molecule is CCOC(=O)c1n[nH]nc1-c1ccc(OCC(=O)OC)c([N+](=O)[O-])c1. The molecule has 132 valence electrons. The zero-order valence-corrected chi connectivity index (χ0v) is 13.3. The largest absolute Gasteiger partial charge is 0.475 e. The fourth-order valence-electron chi connectivity index (χ4n) is 1.90. The average molecular weight is 350 g/mol. The van der Waals surface area contributed by atoms with Crippen molar-refractivity contribution in [1.29, 1.82) is 0 Å². The minimum Gasteiger partial charge on any atom is -0.475 e. The van der Waals surface area contributed by atoms with Crippen LogP contribution in [0.3, 0.4) is 0 Å². The molecule has 0 bridgehead atoms. The van der Waals surface area contributed by atoms with Crippen LogP contribution in [0.4, 0.5) is 5.69 Å². The fourth-order valence-corrected chi connectivity index (χ4v) is 1.90. The van der Waals surface area contributed by atoms with Gasteiger partial charge in [0.2, 0.25) is 0 Å². The van der Waals surface area contributed by atoms with Crippen LogP contribution in [-0.4, -0.2) is 52.6 Å². The molecule has 0 fully saturated rings. The second-order valence-electron chi connectivity index (χ2n) is 4.55. The predicted octanol–water partition coefficient (Wildman–Crippen LogP) is 1.11. The van der Waals surface area contributed by atoms with E-state index in [1.165, 1.54) is 19.2 Å². The topological polar surface area (TPSA) is 147 Å². The van der Waals surface area contributed by atoms with E-state index in [0.717, 1.165) is 6.07 Å². The van der Waals surface area contributed by atoms with Crippen molar-refractivity contribution in [3.05, 3.63) is 34.0 Å². The van der Waals surface area contributed by atoms with Crippen LogP contribution < -0.4 is 4.74 Å². The molecule has 1 heterocycles. The molecule has 2 rings (SSSR count). The number of hydrogen-bond donors (Lipinski definition) is 1. The Bertz CT molecular complexity index is 802. The molecule has 0 atom stereocenters. The smallest absolute Gasteiger partial charge is 0.361 e. The number of carbonyl (C=O) groups is 2. The zero-order chi connectivity index (χ0) is 18.4. The van der Waals surface area contributed by atoms with Crippen molar-refractivity contribution in [3.63, 3.8) is 0 Å². The first-order chi connectivity index (χ1) is 12.0. The van der Waals surface area contributed by atoms with Crippen molar-refractivity contribution in [3.8, 4) is 17.0 Å². The maximum absolute atomic E-state index is 11.8. The van der Waals surface area contributed by atoms with Crippen LogP contribution >= 0.6 is 0 Å². The zero-order valence-electron chi connectivity index (χ0n) is 13.3. The van der Waals surface area contributed by atoms with Crippen molar-refractivity contribution < 1.29 is 28.7 Å². The standard InChI is InChI=1S/C14H14N4O7/c1-3-24-14(20)13-12(15-17-16-13)8-4-5-10(9(6-8)18(21)22)25-7-11(19)23-2/h4-6H,3,7H2,1-2H3,(H,15,16,17). The lowest BCUT2D eigenvalue weighted by Crippen LogP contribution is -2.13. The molecule has 1 aromatic heterocycles. The summed E-state index contributed by atoms with van der Waals surface area (Å²) in [6, 6.07) is 3.90. The number of benzene rings is 1. The van der Waals surface area contributed by atoms with Gasteiger partial charge in [0.25, 0.3) is 0 Å². The third-order valence-corrected chi connectivity index (χ3v) is 3.02. The van der Waals surface area contributed by atoms with E-state index in [4.69, 9.17) is 9.47 Å². The molecule has 25 heavy (non-hydrogen) atoms. The normalized spacial score (nSPS) is 10.2. The Balaban J connectivity index is 2.37. The van der Waals surface area contributed by atoms with E-state index in [-0.39, 0.29) is 29.3 Å². The summed E-state index contributed by atoms with van der Waals surface area (Å²) < 4.78 is 14.4. The van der Waals surface area contributed by atoms with Crippen LogP contribution in [0.2, 0.25) is 0 Å². The van der Waals surface area contributed by atoms with Gasteiger partial charge in [-0.15, -0.1) is 5.10 Å². The van der Waals surface area contributed by atoms with E-state index in [0.29, 0.717) is 0 Å². The number of rotatable bonds is 7. The molecule has 0 aliphatic heterocycles. The molecule has 0 radical (unpaired) electrons. The average Bonchev–Trinajstić information content (AvgIpc) is 3.09. The lowest BCUT2D eigenvalue weighted by Gasteiger charge is -2.07. The quantitative estimate of drug-likeness (QED) is 0.440. The van der Waals surface area contributed by atoms with Gasteiger partial charge in [0, 0.05) is 11.6 Å². The number of aromatic nitrogens is 3. The molecule has 1 aromatic carbocycles. The monoisotopic (exact) mass is 350 g/mol. The number of H-pyrrole nitrogens is 1. The van der Waals surface area contributed by atoms with Gasteiger partial charge < -0.3 is 14.2 Å². The van der Waals surface area contributed by atoms with Crippen molar-refractivity contribution in [2.75, 3.05) is 20.3 Å². The Morgan fingerprint density at radius 1 is 1.32 bits per heavy atom. The van der Waals surface area contributed by atoms with Crippen molar-refractivity contribution >= 4 is 17.6 Å². The molecule has 0 amide bonds. The first-order valence-electron chi connectivity index (χ1n) is 7.04. The molecule has 0 aliphatic rings. The third-order valence-electron chi connectivity index (χ3n) is 3.02. The van der Waals surface area contributed by atoms with Gasteiger partial charge in [0.05, 0.1) is 18.6 Å². The van der Waals surface area contributed by atoms with Gasteiger partial charge in [-0.25, -0.2) is 9.59 Å². The van der Waals surface area contributed by atoms with Gasteiger partial charge >= 0.3 is 17.6 Å². The Morgan fingerprint density at radius 2 is 2.08 bits per heavy atom. The van der Waals surface area contributed by atoms with E-state index >= 15 is 0 Å². The second-order valence-corrected chi connectivity index (χ2v) is 4.55. The Hall–Kier alpha value is -3.50. The van der Waals surface area contributed by atoms with E-state index in [9.17, 15) is 19.7 Å². The van der Waals surface area contributed by atoms with Crippen LogP contribution in [-0.2, 0) is 14.3 Å². The lowest BCUT2D eigenvalue weighted by atomic mass is 10.1. The van der Waals surface area contributed by atoms with Crippen molar-refractivity contribution in [1.82, 2.24) is 15.4 Å². The number of nitrogens with zero attached hydrogens (tertiary/aromatic N) is 3. The maximum atomic E-state index is 11.8. The van der Waals surface area contributed by atoms with Gasteiger partial charge in [-0.2, -0.15) is 10.3 Å². The van der Waals surface area contributed by atoms with Gasteiger partial charge in [-0.1, -0.05) is 0 Å². The molecule has 0 spiro atoms. The lowest BCUT2D eigenvalue weighted by molar-refractivity contribution is -0.385. The molecular weight excluding hydrogens is 336 g/mol. The summed E-state index contributed by atoms with van der Waals surface area (Å²) in [5.74, 6) is -1.51. The van der Waals surface area contributed by atoms with Crippen molar-refractivity contribution in [2.24, 2.45) is 0 Å². The number of aromatic amines is 1. The van der Waals surface area contributed by atoms with Gasteiger partial charge in [0.1, 0.15) is 5.69 Å². The predicted molar refractivity (Wildman–Crippen MR) is 81.9 cm³/mol. The highest BCUT2D eigenvalue weighted by molar-refractivity contribution is 5.94. The summed E-state index contributed by atoms with van der Waals surface area (Å²) in [7, 11) is 1.17. The fraction of sp³-hybridized carbons (Fsp3) is 0.286.